The van der Waals surface area contributed by atoms with Gasteiger partial charge in [0.1, 0.15) is 5.69 Å². The SMILES string of the molecule is Cn1c(C(=O)NC2(c3ccc(C(=O)O)cc3)CCCOC2)cc2c(Cl)c(Cl)ccc21. The Bertz CT molecular complexity index is 1130. The van der Waals surface area contributed by atoms with E-state index >= 15 is 0 Å². The summed E-state index contributed by atoms with van der Waals surface area (Å²) >= 11 is 12.4. The highest BCUT2D eigenvalue weighted by molar-refractivity contribution is 6.45. The molecule has 1 aliphatic heterocycles. The lowest BCUT2D eigenvalue weighted by Gasteiger charge is -2.38. The number of hydrogen-bond acceptors (Lipinski definition) is 3. The zero-order valence-electron chi connectivity index (χ0n) is 16.2. The van der Waals surface area contributed by atoms with Crippen molar-refractivity contribution in [3.05, 3.63) is 69.3 Å². The van der Waals surface area contributed by atoms with Gasteiger partial charge in [-0.15, -0.1) is 0 Å². The third kappa shape index (κ3) is 3.55. The minimum atomic E-state index is -0.995. The van der Waals surface area contributed by atoms with E-state index in [0.717, 1.165) is 17.5 Å². The number of carboxylic acid groups (broad SMARTS) is 1. The number of aromatic carboxylic acids is 1. The Morgan fingerprint density at radius 3 is 2.53 bits per heavy atom. The number of fused-ring (bicyclic) bond motifs is 1. The molecule has 0 radical (unpaired) electrons. The summed E-state index contributed by atoms with van der Waals surface area (Å²) in [6.07, 6.45) is 1.46. The van der Waals surface area contributed by atoms with Gasteiger partial charge < -0.3 is 19.7 Å². The average Bonchev–Trinajstić information content (AvgIpc) is 3.09. The molecule has 1 aliphatic rings. The summed E-state index contributed by atoms with van der Waals surface area (Å²) in [6.45, 7) is 0.925. The van der Waals surface area contributed by atoms with Crippen LogP contribution in [-0.4, -0.2) is 34.8 Å². The van der Waals surface area contributed by atoms with Crippen LogP contribution in [0, 0.1) is 0 Å². The molecule has 2 heterocycles. The molecule has 1 unspecified atom stereocenters. The molecule has 156 valence electrons. The molecule has 1 fully saturated rings. The molecule has 3 aromatic rings. The van der Waals surface area contributed by atoms with Gasteiger partial charge in [0.25, 0.3) is 5.91 Å². The van der Waals surface area contributed by atoms with Crippen LogP contribution in [0.3, 0.4) is 0 Å². The van der Waals surface area contributed by atoms with Crippen molar-refractivity contribution in [2.24, 2.45) is 7.05 Å². The summed E-state index contributed by atoms with van der Waals surface area (Å²) in [5, 5.41) is 13.8. The van der Waals surface area contributed by atoms with Gasteiger partial charge in [0.2, 0.25) is 0 Å². The first-order valence-corrected chi connectivity index (χ1v) is 10.3. The van der Waals surface area contributed by atoms with E-state index < -0.39 is 11.5 Å². The molecule has 2 aromatic carbocycles. The minimum absolute atomic E-state index is 0.192. The van der Waals surface area contributed by atoms with Crippen LogP contribution in [0.4, 0.5) is 0 Å². The number of halogens is 2. The second-order valence-electron chi connectivity index (χ2n) is 7.46. The molecular formula is C22H20Cl2N2O4. The Morgan fingerprint density at radius 1 is 1.17 bits per heavy atom. The van der Waals surface area contributed by atoms with Crippen LogP contribution in [0.1, 0.15) is 39.3 Å². The standard InChI is InChI=1S/C22H20Cl2N2O4/c1-26-17-8-7-16(23)19(24)15(17)11-18(26)20(27)25-22(9-2-10-30-12-22)14-5-3-13(4-6-14)21(28)29/h3-8,11H,2,9-10,12H2,1H3,(H,25,27)(H,28,29). The quantitative estimate of drug-likeness (QED) is 0.612. The fourth-order valence-electron chi connectivity index (χ4n) is 3.97. The van der Waals surface area contributed by atoms with E-state index in [1.807, 2.05) is 6.07 Å². The highest BCUT2D eigenvalue weighted by atomic mass is 35.5. The van der Waals surface area contributed by atoms with Crippen molar-refractivity contribution in [1.82, 2.24) is 9.88 Å². The van der Waals surface area contributed by atoms with Crippen molar-refractivity contribution in [2.75, 3.05) is 13.2 Å². The van der Waals surface area contributed by atoms with Crippen LogP contribution in [-0.2, 0) is 17.3 Å². The molecular weight excluding hydrogens is 427 g/mol. The number of carbonyl (C=O) groups is 2. The van der Waals surface area contributed by atoms with E-state index in [2.05, 4.69) is 5.32 Å². The van der Waals surface area contributed by atoms with Crippen LogP contribution < -0.4 is 5.32 Å². The van der Waals surface area contributed by atoms with Crippen LogP contribution >= 0.6 is 23.2 Å². The molecule has 8 heteroatoms. The molecule has 1 saturated heterocycles. The first-order valence-electron chi connectivity index (χ1n) is 9.50. The maximum absolute atomic E-state index is 13.3. The van der Waals surface area contributed by atoms with Gasteiger partial charge >= 0.3 is 5.97 Å². The monoisotopic (exact) mass is 446 g/mol. The highest BCUT2D eigenvalue weighted by Gasteiger charge is 2.37. The van der Waals surface area contributed by atoms with Gasteiger partial charge in [-0.25, -0.2) is 4.79 Å². The molecule has 1 atom stereocenters. The zero-order valence-corrected chi connectivity index (χ0v) is 17.8. The molecule has 0 spiro atoms. The Morgan fingerprint density at radius 2 is 1.90 bits per heavy atom. The van der Waals surface area contributed by atoms with E-state index in [1.165, 1.54) is 0 Å². The summed E-state index contributed by atoms with van der Waals surface area (Å²) in [6, 6.07) is 11.8. The van der Waals surface area contributed by atoms with Crippen molar-refractivity contribution < 1.29 is 19.4 Å². The van der Waals surface area contributed by atoms with Crippen molar-refractivity contribution in [1.29, 1.82) is 0 Å². The Kier molecular flexibility index (Phi) is 5.49. The van der Waals surface area contributed by atoms with E-state index in [0.29, 0.717) is 40.8 Å². The molecule has 1 aromatic heterocycles. The second kappa shape index (κ2) is 7.95. The number of benzene rings is 2. The number of nitrogens with zero attached hydrogens (tertiary/aromatic N) is 1. The highest BCUT2D eigenvalue weighted by Crippen LogP contribution is 2.34. The van der Waals surface area contributed by atoms with Gasteiger partial charge in [0.15, 0.2) is 0 Å². The predicted molar refractivity (Wildman–Crippen MR) is 116 cm³/mol. The minimum Gasteiger partial charge on any atom is -0.478 e. The topological polar surface area (TPSA) is 80.6 Å². The normalized spacial score (nSPS) is 19.0. The maximum Gasteiger partial charge on any atom is 0.335 e. The number of carbonyl (C=O) groups excluding carboxylic acids is 1. The van der Waals surface area contributed by atoms with Crippen molar-refractivity contribution in [3.63, 3.8) is 0 Å². The number of aryl methyl sites for hydroxylation is 1. The van der Waals surface area contributed by atoms with Crippen molar-refractivity contribution >= 4 is 46.0 Å². The third-order valence-electron chi connectivity index (χ3n) is 5.62. The molecule has 4 rings (SSSR count). The number of aromatic nitrogens is 1. The first-order chi connectivity index (χ1) is 14.3. The summed E-state index contributed by atoms with van der Waals surface area (Å²) < 4.78 is 7.48. The molecule has 6 nitrogen and oxygen atoms in total. The van der Waals surface area contributed by atoms with Crippen molar-refractivity contribution in [2.45, 2.75) is 18.4 Å². The molecule has 0 aliphatic carbocycles. The van der Waals surface area contributed by atoms with E-state index in [-0.39, 0.29) is 11.5 Å². The van der Waals surface area contributed by atoms with Gasteiger partial charge in [-0.3, -0.25) is 4.79 Å². The van der Waals surface area contributed by atoms with E-state index in [4.69, 9.17) is 33.0 Å². The number of rotatable bonds is 4. The molecule has 30 heavy (non-hydrogen) atoms. The second-order valence-corrected chi connectivity index (χ2v) is 8.24. The lowest BCUT2D eigenvalue weighted by molar-refractivity contribution is 0.0176. The smallest absolute Gasteiger partial charge is 0.335 e. The summed E-state index contributed by atoms with van der Waals surface area (Å²) in [4.78, 5) is 24.5. The maximum atomic E-state index is 13.3. The fraction of sp³-hybridized carbons (Fsp3) is 0.273. The lowest BCUT2D eigenvalue weighted by atomic mass is 9.84. The molecule has 1 amide bonds. The summed E-state index contributed by atoms with van der Waals surface area (Å²) in [5.41, 5.74) is 1.50. The van der Waals surface area contributed by atoms with Gasteiger partial charge in [-0.05, 0) is 48.7 Å². The fourth-order valence-corrected chi connectivity index (χ4v) is 4.35. The first kappa shape index (κ1) is 20.7. The molecule has 0 saturated carbocycles. The lowest BCUT2D eigenvalue weighted by Crippen LogP contribution is -2.51. The molecule has 2 N–H and O–H groups in total. The average molecular weight is 447 g/mol. The number of nitrogens with one attached hydrogen (secondary N) is 1. The largest absolute Gasteiger partial charge is 0.478 e. The Balaban J connectivity index is 1.71. The third-order valence-corrected chi connectivity index (χ3v) is 6.44. The van der Waals surface area contributed by atoms with Crippen LogP contribution in [0.5, 0.6) is 0 Å². The van der Waals surface area contributed by atoms with Crippen LogP contribution in [0.25, 0.3) is 10.9 Å². The number of amides is 1. The van der Waals surface area contributed by atoms with Crippen LogP contribution in [0.2, 0.25) is 10.0 Å². The Hall–Kier alpha value is -2.54. The molecule has 0 bridgehead atoms. The number of ether oxygens (including phenoxy) is 1. The number of hydrogen-bond donors (Lipinski definition) is 2. The van der Waals surface area contributed by atoms with E-state index in [9.17, 15) is 9.59 Å². The number of carboxylic acids is 1. The van der Waals surface area contributed by atoms with Gasteiger partial charge in [0, 0.05) is 24.6 Å². The van der Waals surface area contributed by atoms with Crippen LogP contribution in [0.15, 0.2) is 42.5 Å². The predicted octanol–water partition coefficient (Wildman–Crippen LogP) is 4.62. The van der Waals surface area contributed by atoms with Crippen molar-refractivity contribution in [3.8, 4) is 0 Å². The van der Waals surface area contributed by atoms with E-state index in [1.54, 1.807) is 48.0 Å². The van der Waals surface area contributed by atoms with Gasteiger partial charge in [-0.1, -0.05) is 35.3 Å². The summed E-state index contributed by atoms with van der Waals surface area (Å²) in [7, 11) is 1.80. The van der Waals surface area contributed by atoms with Gasteiger partial charge in [0.05, 0.1) is 27.8 Å². The summed E-state index contributed by atoms with van der Waals surface area (Å²) in [5.74, 6) is -1.26. The Labute approximate surface area is 183 Å². The van der Waals surface area contributed by atoms with Gasteiger partial charge in [-0.2, -0.15) is 0 Å². The zero-order chi connectivity index (χ0) is 21.5.